The fourth-order valence-electron chi connectivity index (χ4n) is 1.98. The Morgan fingerprint density at radius 1 is 1.29 bits per heavy atom. The maximum absolute atomic E-state index is 12.6. The van der Waals surface area contributed by atoms with Gasteiger partial charge in [-0.2, -0.15) is 0 Å². The number of nitrogens with one attached hydrogen (secondary N) is 1. The maximum atomic E-state index is 12.6. The minimum atomic E-state index is -0.610. The Bertz CT molecular complexity index is 650. The molecule has 0 aliphatic rings. The van der Waals surface area contributed by atoms with Gasteiger partial charge < -0.3 is 5.32 Å². The average Bonchev–Trinajstić information content (AvgIpc) is 2.50. The highest BCUT2D eigenvalue weighted by molar-refractivity contribution is 14.1. The van der Waals surface area contributed by atoms with Crippen molar-refractivity contribution in [1.82, 2.24) is 5.32 Å². The average molecular weight is 479 g/mol. The second-order valence-electron chi connectivity index (χ2n) is 4.91. The van der Waals surface area contributed by atoms with E-state index in [1.54, 1.807) is 0 Å². The standard InChI is InChI=1S/C16H14BrClINO/c1-16(10-18,11-5-3-2-4-6-11)20-15(21)13-9-12(19)7-8-14(13)17/h2-9H,10H2,1H3,(H,20,21). The molecule has 1 unspecified atom stereocenters. The molecule has 110 valence electrons. The van der Waals surface area contributed by atoms with Crippen molar-refractivity contribution in [2.24, 2.45) is 0 Å². The number of hydrogen-bond acceptors (Lipinski definition) is 1. The SMILES string of the molecule is CC(CCl)(NC(=O)c1cc(I)ccc1Br)c1ccccc1. The molecule has 0 aliphatic carbocycles. The van der Waals surface area contributed by atoms with E-state index in [1.165, 1.54) is 0 Å². The van der Waals surface area contributed by atoms with E-state index in [9.17, 15) is 4.79 Å². The third-order valence-electron chi connectivity index (χ3n) is 3.24. The Morgan fingerprint density at radius 3 is 2.57 bits per heavy atom. The van der Waals surface area contributed by atoms with Crippen LogP contribution < -0.4 is 5.32 Å². The first-order chi connectivity index (χ1) is 9.96. The highest BCUT2D eigenvalue weighted by atomic mass is 127. The van der Waals surface area contributed by atoms with E-state index in [0.29, 0.717) is 11.4 Å². The van der Waals surface area contributed by atoms with Crippen LogP contribution in [0.5, 0.6) is 0 Å². The lowest BCUT2D eigenvalue weighted by Gasteiger charge is -2.29. The lowest BCUT2D eigenvalue weighted by atomic mass is 9.93. The van der Waals surface area contributed by atoms with Crippen molar-refractivity contribution in [1.29, 1.82) is 0 Å². The number of halogens is 3. The van der Waals surface area contributed by atoms with Crippen LogP contribution in [0.25, 0.3) is 0 Å². The quantitative estimate of drug-likeness (QED) is 0.490. The lowest BCUT2D eigenvalue weighted by Crippen LogP contribution is -2.45. The molecule has 0 aromatic heterocycles. The van der Waals surface area contributed by atoms with E-state index in [0.717, 1.165) is 13.6 Å². The summed E-state index contributed by atoms with van der Waals surface area (Å²) in [6.07, 6.45) is 0. The van der Waals surface area contributed by atoms with Crippen molar-refractivity contribution in [3.63, 3.8) is 0 Å². The van der Waals surface area contributed by atoms with Gasteiger partial charge in [-0.3, -0.25) is 4.79 Å². The normalized spacial score (nSPS) is 13.5. The van der Waals surface area contributed by atoms with Gasteiger partial charge >= 0.3 is 0 Å². The van der Waals surface area contributed by atoms with Crippen molar-refractivity contribution < 1.29 is 4.79 Å². The zero-order valence-corrected chi connectivity index (χ0v) is 15.9. The monoisotopic (exact) mass is 477 g/mol. The molecule has 0 fully saturated rings. The van der Waals surface area contributed by atoms with Gasteiger partial charge in [0.05, 0.1) is 11.1 Å². The summed E-state index contributed by atoms with van der Waals surface area (Å²) in [5.74, 6) is 0.150. The first-order valence-electron chi connectivity index (χ1n) is 6.35. The van der Waals surface area contributed by atoms with Gasteiger partial charge in [-0.05, 0) is 69.2 Å². The predicted molar refractivity (Wildman–Crippen MR) is 98.8 cm³/mol. The van der Waals surface area contributed by atoms with Crippen molar-refractivity contribution >= 4 is 56.0 Å². The second kappa shape index (κ2) is 7.11. The number of rotatable bonds is 4. The summed E-state index contributed by atoms with van der Waals surface area (Å²) in [6.45, 7) is 1.93. The number of alkyl halides is 1. The van der Waals surface area contributed by atoms with Gasteiger partial charge in [0, 0.05) is 13.9 Å². The van der Waals surface area contributed by atoms with Crippen molar-refractivity contribution in [2.75, 3.05) is 5.88 Å². The fourth-order valence-corrected chi connectivity index (χ4v) is 3.12. The molecule has 0 saturated carbocycles. The number of benzene rings is 2. The second-order valence-corrected chi connectivity index (χ2v) is 7.28. The molecule has 0 saturated heterocycles. The maximum Gasteiger partial charge on any atom is 0.253 e. The van der Waals surface area contributed by atoms with Crippen LogP contribution >= 0.6 is 50.1 Å². The van der Waals surface area contributed by atoms with Gasteiger partial charge in [-0.25, -0.2) is 0 Å². The van der Waals surface area contributed by atoms with Gasteiger partial charge in [0.15, 0.2) is 0 Å². The minimum Gasteiger partial charge on any atom is -0.342 e. The van der Waals surface area contributed by atoms with Gasteiger partial charge in [-0.15, -0.1) is 11.6 Å². The van der Waals surface area contributed by atoms with Crippen molar-refractivity contribution in [3.05, 3.63) is 67.7 Å². The van der Waals surface area contributed by atoms with E-state index in [4.69, 9.17) is 11.6 Å². The topological polar surface area (TPSA) is 29.1 Å². The Labute approximate surface area is 151 Å². The Balaban J connectivity index is 2.30. The molecule has 2 aromatic rings. The fraction of sp³-hybridized carbons (Fsp3) is 0.188. The molecule has 0 radical (unpaired) electrons. The van der Waals surface area contributed by atoms with Crippen LogP contribution in [0.4, 0.5) is 0 Å². The Morgan fingerprint density at radius 2 is 1.95 bits per heavy atom. The number of amides is 1. The summed E-state index contributed by atoms with van der Waals surface area (Å²) >= 11 is 11.7. The number of carbonyl (C=O) groups is 1. The van der Waals surface area contributed by atoms with E-state index >= 15 is 0 Å². The van der Waals surface area contributed by atoms with Gasteiger partial charge in [0.1, 0.15) is 0 Å². The van der Waals surface area contributed by atoms with E-state index in [-0.39, 0.29) is 5.91 Å². The van der Waals surface area contributed by atoms with Gasteiger partial charge in [-0.1, -0.05) is 30.3 Å². The van der Waals surface area contributed by atoms with Crippen LogP contribution in [0.1, 0.15) is 22.8 Å². The van der Waals surface area contributed by atoms with Crippen LogP contribution in [0.2, 0.25) is 0 Å². The minimum absolute atomic E-state index is 0.146. The molecule has 5 heteroatoms. The van der Waals surface area contributed by atoms with Crippen molar-refractivity contribution in [2.45, 2.75) is 12.5 Å². The van der Waals surface area contributed by atoms with Crippen LogP contribution in [0.3, 0.4) is 0 Å². The number of carbonyl (C=O) groups excluding carboxylic acids is 1. The zero-order valence-electron chi connectivity index (χ0n) is 11.4. The first kappa shape index (κ1) is 16.8. The molecule has 1 atom stereocenters. The number of hydrogen-bond donors (Lipinski definition) is 1. The first-order valence-corrected chi connectivity index (χ1v) is 8.76. The predicted octanol–water partition coefficient (Wildman–Crippen LogP) is 4.94. The summed E-state index contributed by atoms with van der Waals surface area (Å²) in [5.41, 5.74) is 0.977. The van der Waals surface area contributed by atoms with Gasteiger partial charge in [0.2, 0.25) is 0 Å². The highest BCUT2D eigenvalue weighted by Gasteiger charge is 2.28. The van der Waals surface area contributed by atoms with Crippen LogP contribution in [0, 0.1) is 3.57 Å². The van der Waals surface area contributed by atoms with E-state index < -0.39 is 5.54 Å². The van der Waals surface area contributed by atoms with Crippen LogP contribution in [-0.2, 0) is 5.54 Å². The molecule has 0 heterocycles. The van der Waals surface area contributed by atoms with E-state index in [2.05, 4.69) is 43.8 Å². The molecule has 0 bridgehead atoms. The lowest BCUT2D eigenvalue weighted by molar-refractivity contribution is 0.0912. The third kappa shape index (κ3) is 3.99. The van der Waals surface area contributed by atoms with E-state index in [1.807, 2.05) is 55.5 Å². The molecule has 21 heavy (non-hydrogen) atoms. The molecule has 0 aliphatic heterocycles. The van der Waals surface area contributed by atoms with Crippen LogP contribution in [-0.4, -0.2) is 11.8 Å². The molecule has 2 nitrogen and oxygen atoms in total. The summed E-state index contributed by atoms with van der Waals surface area (Å²) in [7, 11) is 0. The highest BCUT2D eigenvalue weighted by Crippen LogP contribution is 2.25. The summed E-state index contributed by atoms with van der Waals surface area (Å²) in [5, 5.41) is 3.04. The Kier molecular flexibility index (Phi) is 5.68. The van der Waals surface area contributed by atoms with Crippen molar-refractivity contribution in [3.8, 4) is 0 Å². The van der Waals surface area contributed by atoms with Gasteiger partial charge in [0.25, 0.3) is 5.91 Å². The van der Waals surface area contributed by atoms with Crippen LogP contribution in [0.15, 0.2) is 53.0 Å². The molecule has 1 N–H and O–H groups in total. The molecule has 0 spiro atoms. The molecular weight excluding hydrogens is 464 g/mol. The molecule has 2 aromatic carbocycles. The largest absolute Gasteiger partial charge is 0.342 e. The molecule has 1 amide bonds. The Hall–Kier alpha value is -0.590. The zero-order chi connectivity index (χ0) is 15.5. The molecule has 2 rings (SSSR count). The summed E-state index contributed by atoms with van der Waals surface area (Å²) in [6, 6.07) is 15.4. The molecular formula is C16H14BrClINO. The summed E-state index contributed by atoms with van der Waals surface area (Å²) in [4.78, 5) is 12.6. The summed E-state index contributed by atoms with van der Waals surface area (Å²) < 4.78 is 1.78. The smallest absolute Gasteiger partial charge is 0.253 e. The third-order valence-corrected chi connectivity index (χ3v) is 5.14.